The van der Waals surface area contributed by atoms with Gasteiger partial charge in [0, 0.05) is 12.1 Å². The van der Waals surface area contributed by atoms with Crippen LogP contribution in [-0.2, 0) is 20.0 Å². The van der Waals surface area contributed by atoms with E-state index in [1.165, 1.54) is 4.13 Å². The monoisotopic (exact) mass is 251 g/mol. The van der Waals surface area contributed by atoms with Crippen molar-refractivity contribution >= 4 is 20.0 Å². The Hall–Kier alpha value is -1.32. The standard InChI is InChI=1S/C6H5NO6S2/c8-3-1-5-6(2-4(3)9)15(12,13)7-14(5,10)11/h1-2,7-9H. The maximum atomic E-state index is 11.2. The lowest BCUT2D eigenvalue weighted by atomic mass is 10.3. The summed E-state index contributed by atoms with van der Waals surface area (Å²) in [6, 6.07) is 1.36. The van der Waals surface area contributed by atoms with Gasteiger partial charge in [0.2, 0.25) is 0 Å². The summed E-state index contributed by atoms with van der Waals surface area (Å²) in [5.74, 6) is -1.40. The number of nitrogens with one attached hydrogen (secondary N) is 1. The zero-order chi connectivity index (χ0) is 11.4. The van der Waals surface area contributed by atoms with Gasteiger partial charge in [-0.3, -0.25) is 0 Å². The van der Waals surface area contributed by atoms with E-state index in [1.807, 2.05) is 0 Å². The summed E-state index contributed by atoms with van der Waals surface area (Å²) in [5, 5.41) is 18.1. The fourth-order valence-corrected chi connectivity index (χ4v) is 4.91. The molecule has 9 heteroatoms. The molecule has 0 unspecified atom stereocenters. The Morgan fingerprint density at radius 2 is 1.20 bits per heavy atom. The van der Waals surface area contributed by atoms with Crippen LogP contribution in [0.5, 0.6) is 11.5 Å². The molecule has 2 rings (SSSR count). The van der Waals surface area contributed by atoms with Gasteiger partial charge >= 0.3 is 0 Å². The van der Waals surface area contributed by atoms with E-state index in [2.05, 4.69) is 0 Å². The molecule has 7 nitrogen and oxygen atoms in total. The summed E-state index contributed by atoms with van der Waals surface area (Å²) in [6.07, 6.45) is 0. The van der Waals surface area contributed by atoms with Crippen LogP contribution in [0.2, 0.25) is 0 Å². The van der Waals surface area contributed by atoms with Crippen LogP contribution >= 0.6 is 0 Å². The highest BCUT2D eigenvalue weighted by Crippen LogP contribution is 2.36. The minimum Gasteiger partial charge on any atom is -0.504 e. The highest BCUT2D eigenvalue weighted by atomic mass is 32.3. The van der Waals surface area contributed by atoms with E-state index in [0.29, 0.717) is 12.1 Å². The van der Waals surface area contributed by atoms with Gasteiger partial charge in [-0.15, -0.1) is 4.13 Å². The summed E-state index contributed by atoms with van der Waals surface area (Å²) in [7, 11) is -8.32. The van der Waals surface area contributed by atoms with Gasteiger partial charge in [-0.1, -0.05) is 0 Å². The average Bonchev–Trinajstić information content (AvgIpc) is 2.21. The second-order valence-corrected chi connectivity index (χ2v) is 6.44. The minimum absolute atomic E-state index is 0.571. The third-order valence-corrected chi connectivity index (χ3v) is 5.56. The van der Waals surface area contributed by atoms with Crippen LogP contribution in [0.1, 0.15) is 0 Å². The predicted molar refractivity (Wildman–Crippen MR) is 47.3 cm³/mol. The molecule has 0 bridgehead atoms. The summed E-state index contributed by atoms with van der Waals surface area (Å²) in [6.45, 7) is 0. The zero-order valence-corrected chi connectivity index (χ0v) is 8.63. The van der Waals surface area contributed by atoms with Gasteiger partial charge < -0.3 is 10.2 Å². The smallest absolute Gasteiger partial charge is 0.255 e. The molecule has 0 radical (unpaired) electrons. The van der Waals surface area contributed by atoms with Gasteiger partial charge in [0.1, 0.15) is 9.79 Å². The lowest BCUT2D eigenvalue weighted by molar-refractivity contribution is 0.400. The molecular formula is C6H5NO6S2. The zero-order valence-electron chi connectivity index (χ0n) is 7.00. The van der Waals surface area contributed by atoms with E-state index >= 15 is 0 Å². The van der Waals surface area contributed by atoms with Crippen molar-refractivity contribution in [2.24, 2.45) is 0 Å². The van der Waals surface area contributed by atoms with E-state index in [1.54, 1.807) is 0 Å². The van der Waals surface area contributed by atoms with E-state index in [9.17, 15) is 16.8 Å². The van der Waals surface area contributed by atoms with Crippen molar-refractivity contribution < 1.29 is 27.0 Å². The molecule has 0 spiro atoms. The van der Waals surface area contributed by atoms with Gasteiger partial charge in [0.15, 0.2) is 11.5 Å². The Morgan fingerprint density at radius 3 is 1.53 bits per heavy atom. The lowest BCUT2D eigenvalue weighted by Crippen LogP contribution is -2.21. The summed E-state index contributed by atoms with van der Waals surface area (Å²) < 4.78 is 46.4. The van der Waals surface area contributed by atoms with Gasteiger partial charge in [-0.25, -0.2) is 16.8 Å². The van der Waals surface area contributed by atoms with Gasteiger partial charge in [0.05, 0.1) is 0 Å². The number of sulfonamides is 2. The number of phenolic OH excluding ortho intramolecular Hbond substituents is 2. The molecule has 1 aromatic carbocycles. The van der Waals surface area contributed by atoms with Gasteiger partial charge in [0.25, 0.3) is 20.0 Å². The Bertz CT molecular complexity index is 587. The third-order valence-electron chi connectivity index (χ3n) is 1.84. The van der Waals surface area contributed by atoms with Crippen LogP contribution in [0.25, 0.3) is 0 Å². The number of hydrogen-bond acceptors (Lipinski definition) is 6. The van der Waals surface area contributed by atoms with Crippen LogP contribution in [0.15, 0.2) is 21.9 Å². The molecule has 15 heavy (non-hydrogen) atoms. The molecule has 0 fully saturated rings. The second kappa shape index (κ2) is 2.62. The number of benzene rings is 1. The van der Waals surface area contributed by atoms with Crippen molar-refractivity contribution in [2.75, 3.05) is 0 Å². The predicted octanol–water partition coefficient (Wildman–Crippen LogP) is -0.922. The normalized spacial score (nSPS) is 21.1. The van der Waals surface area contributed by atoms with Crippen LogP contribution in [0.3, 0.4) is 0 Å². The Kier molecular flexibility index (Phi) is 1.78. The molecule has 1 aromatic rings. The summed E-state index contributed by atoms with van der Waals surface area (Å²) >= 11 is 0. The largest absolute Gasteiger partial charge is 0.504 e. The van der Waals surface area contributed by atoms with Gasteiger partial charge in [-0.05, 0) is 0 Å². The van der Waals surface area contributed by atoms with Crippen molar-refractivity contribution in [1.82, 2.24) is 4.13 Å². The Balaban J connectivity index is 2.95. The molecule has 1 aliphatic rings. The summed E-state index contributed by atoms with van der Waals surface area (Å²) in [4.78, 5) is -1.14. The van der Waals surface area contributed by atoms with E-state index in [0.717, 1.165) is 0 Å². The quantitative estimate of drug-likeness (QED) is 0.513. The van der Waals surface area contributed by atoms with Gasteiger partial charge in [-0.2, -0.15) is 0 Å². The highest BCUT2D eigenvalue weighted by molar-refractivity contribution is 8.07. The lowest BCUT2D eigenvalue weighted by Gasteiger charge is -1.99. The molecule has 0 aliphatic carbocycles. The first-order chi connectivity index (χ1) is 6.74. The van der Waals surface area contributed by atoms with Crippen molar-refractivity contribution in [2.45, 2.75) is 9.79 Å². The molecule has 1 aliphatic heterocycles. The van der Waals surface area contributed by atoms with E-state index in [4.69, 9.17) is 10.2 Å². The maximum Gasteiger partial charge on any atom is 0.255 e. The maximum absolute atomic E-state index is 11.2. The van der Waals surface area contributed by atoms with Crippen LogP contribution in [0, 0.1) is 0 Å². The van der Waals surface area contributed by atoms with Crippen molar-refractivity contribution in [3.63, 3.8) is 0 Å². The second-order valence-electron chi connectivity index (χ2n) is 2.88. The molecular weight excluding hydrogens is 246 g/mol. The first-order valence-electron chi connectivity index (χ1n) is 3.59. The molecule has 0 amide bonds. The fraction of sp³-hybridized carbons (Fsp3) is 0. The number of phenols is 2. The number of rotatable bonds is 0. The third kappa shape index (κ3) is 1.35. The topological polar surface area (TPSA) is 121 Å². The van der Waals surface area contributed by atoms with Crippen molar-refractivity contribution in [3.05, 3.63) is 12.1 Å². The molecule has 0 saturated carbocycles. The Morgan fingerprint density at radius 1 is 0.867 bits per heavy atom. The SMILES string of the molecule is O=S1(=O)NS(=O)(=O)c2cc(O)c(O)cc21. The van der Waals surface area contributed by atoms with Crippen LogP contribution < -0.4 is 4.13 Å². The molecule has 1 heterocycles. The first kappa shape index (κ1) is 10.2. The average molecular weight is 251 g/mol. The van der Waals surface area contributed by atoms with Crippen LogP contribution in [0.4, 0.5) is 0 Å². The summed E-state index contributed by atoms with van der Waals surface area (Å²) in [5.41, 5.74) is 0. The highest BCUT2D eigenvalue weighted by Gasteiger charge is 2.39. The van der Waals surface area contributed by atoms with Crippen LogP contribution in [-0.4, -0.2) is 27.0 Å². The van der Waals surface area contributed by atoms with E-state index in [-0.39, 0.29) is 0 Å². The first-order valence-corrected chi connectivity index (χ1v) is 6.55. The number of fused-ring (bicyclic) bond motifs is 1. The molecule has 0 atom stereocenters. The fourth-order valence-electron chi connectivity index (χ4n) is 1.19. The molecule has 82 valence electrons. The Labute approximate surface area is 85.1 Å². The molecule has 3 N–H and O–H groups in total. The van der Waals surface area contributed by atoms with Crippen molar-refractivity contribution in [3.8, 4) is 11.5 Å². The minimum atomic E-state index is -4.16. The number of aromatic hydroxyl groups is 2. The van der Waals surface area contributed by atoms with E-state index < -0.39 is 41.3 Å². The molecule has 0 saturated heterocycles. The van der Waals surface area contributed by atoms with Crippen molar-refractivity contribution in [1.29, 1.82) is 0 Å². The number of hydrogen-bond donors (Lipinski definition) is 3. The molecule has 0 aromatic heterocycles.